The van der Waals surface area contributed by atoms with E-state index in [9.17, 15) is 9.90 Å². The first kappa shape index (κ1) is 10.5. The molecule has 1 aliphatic rings. The monoisotopic (exact) mass is 183 g/mol. The second-order valence-corrected chi connectivity index (χ2v) is 3.45. The van der Waals surface area contributed by atoms with Crippen LogP contribution in [0.1, 0.15) is 12.8 Å². The van der Waals surface area contributed by atoms with Crippen molar-refractivity contribution in [3.63, 3.8) is 0 Å². The van der Waals surface area contributed by atoms with Crippen molar-refractivity contribution < 1.29 is 14.6 Å². The van der Waals surface area contributed by atoms with Gasteiger partial charge in [-0.3, -0.25) is 4.79 Å². The van der Waals surface area contributed by atoms with E-state index in [0.29, 0.717) is 12.8 Å². The van der Waals surface area contributed by atoms with Gasteiger partial charge in [0, 0.05) is 5.92 Å². The zero-order valence-electron chi connectivity index (χ0n) is 7.48. The van der Waals surface area contributed by atoms with E-state index in [-0.39, 0.29) is 24.9 Å². The number of esters is 1. The number of nitrogens with two attached hydrogens (primary N) is 1. The van der Waals surface area contributed by atoms with Gasteiger partial charge >= 0.3 is 5.97 Å². The molecule has 2 radical (unpaired) electrons. The Bertz CT molecular complexity index is 188. The van der Waals surface area contributed by atoms with Crippen molar-refractivity contribution in [2.24, 2.45) is 11.7 Å². The average Bonchev–Trinajstić information content (AvgIpc) is 2.41. The third-order valence-electron chi connectivity index (χ3n) is 2.32. The predicted molar refractivity (Wildman–Crippen MR) is 48.2 cm³/mol. The fraction of sp³-hybridized carbons (Fsp3) is 0.875. The molecule has 0 aliphatic heterocycles. The molecule has 4 nitrogen and oxygen atoms in total. The minimum atomic E-state index is -0.444. The van der Waals surface area contributed by atoms with Crippen molar-refractivity contribution in [3.05, 3.63) is 0 Å². The molecule has 0 aromatic heterocycles. The molecule has 0 amide bonds. The van der Waals surface area contributed by atoms with Gasteiger partial charge in [-0.1, -0.05) is 5.82 Å². The van der Waals surface area contributed by atoms with Gasteiger partial charge in [-0.25, -0.2) is 0 Å². The molecular formula is C8H14BNO3. The Morgan fingerprint density at radius 3 is 2.77 bits per heavy atom. The van der Waals surface area contributed by atoms with E-state index in [2.05, 4.69) is 0 Å². The van der Waals surface area contributed by atoms with Crippen LogP contribution in [-0.4, -0.2) is 38.2 Å². The maximum absolute atomic E-state index is 10.7. The Morgan fingerprint density at radius 1 is 1.62 bits per heavy atom. The zero-order valence-corrected chi connectivity index (χ0v) is 7.48. The van der Waals surface area contributed by atoms with Crippen LogP contribution in [0.2, 0.25) is 5.82 Å². The number of hydrogen-bond acceptors (Lipinski definition) is 4. The number of hydrogen-bond donors (Lipinski definition) is 2. The normalized spacial score (nSPS) is 33.2. The fourth-order valence-corrected chi connectivity index (χ4v) is 1.58. The maximum Gasteiger partial charge on any atom is 0.319 e. The van der Waals surface area contributed by atoms with Crippen LogP contribution < -0.4 is 5.73 Å². The second kappa shape index (κ2) is 4.62. The van der Waals surface area contributed by atoms with Crippen molar-refractivity contribution in [2.45, 2.75) is 24.8 Å². The molecule has 1 unspecified atom stereocenters. The summed E-state index contributed by atoms with van der Waals surface area (Å²) in [6.45, 7) is 0.111. The van der Waals surface area contributed by atoms with Gasteiger partial charge in [0.2, 0.25) is 0 Å². The SMILES string of the molecule is [B][C@@H]1CC(O)[C@H](COC(=O)CN)C1. The lowest BCUT2D eigenvalue weighted by molar-refractivity contribution is -0.144. The Hall–Kier alpha value is -0.545. The summed E-state index contributed by atoms with van der Waals surface area (Å²) in [4.78, 5) is 10.7. The molecule has 0 bridgehead atoms. The lowest BCUT2D eigenvalue weighted by Crippen LogP contribution is -2.24. The quantitative estimate of drug-likeness (QED) is 0.444. The third-order valence-corrected chi connectivity index (χ3v) is 2.32. The molecule has 3 atom stereocenters. The molecule has 13 heavy (non-hydrogen) atoms. The Kier molecular flexibility index (Phi) is 3.75. The maximum atomic E-state index is 10.7. The van der Waals surface area contributed by atoms with E-state index in [4.69, 9.17) is 18.3 Å². The minimum absolute atomic E-state index is 0.0227. The molecule has 0 aromatic carbocycles. The molecule has 0 aromatic rings. The van der Waals surface area contributed by atoms with Gasteiger partial charge in [0.1, 0.15) is 0 Å². The molecule has 72 valence electrons. The highest BCUT2D eigenvalue weighted by Gasteiger charge is 2.30. The summed E-state index contributed by atoms with van der Waals surface area (Å²) in [6.07, 6.45) is 0.852. The van der Waals surface area contributed by atoms with E-state index >= 15 is 0 Å². The zero-order chi connectivity index (χ0) is 9.84. The van der Waals surface area contributed by atoms with E-state index in [1.54, 1.807) is 0 Å². The molecule has 1 saturated carbocycles. The molecule has 0 heterocycles. The molecule has 1 fully saturated rings. The molecule has 0 saturated heterocycles. The summed E-state index contributed by atoms with van der Waals surface area (Å²) in [5, 5.41) is 9.44. The first-order chi connectivity index (χ1) is 6.13. The van der Waals surface area contributed by atoms with E-state index < -0.39 is 12.1 Å². The topological polar surface area (TPSA) is 72.5 Å². The van der Waals surface area contributed by atoms with Gasteiger partial charge in [0.05, 0.1) is 27.1 Å². The van der Waals surface area contributed by atoms with Crippen LogP contribution in [0.15, 0.2) is 0 Å². The molecule has 1 aliphatic carbocycles. The number of carbonyl (C=O) groups excluding carboxylic acids is 1. The summed E-state index contributed by atoms with van der Waals surface area (Å²) in [7, 11) is 5.63. The van der Waals surface area contributed by atoms with Gasteiger partial charge in [0.25, 0.3) is 0 Å². The van der Waals surface area contributed by atoms with Gasteiger partial charge in [0.15, 0.2) is 0 Å². The molecule has 5 heteroatoms. The number of ether oxygens (including phenoxy) is 1. The Morgan fingerprint density at radius 2 is 2.31 bits per heavy atom. The van der Waals surface area contributed by atoms with E-state index in [1.165, 1.54) is 0 Å². The Labute approximate surface area is 78.8 Å². The van der Waals surface area contributed by atoms with Crippen LogP contribution in [0.4, 0.5) is 0 Å². The number of carbonyl (C=O) groups is 1. The molecule has 1 rings (SSSR count). The van der Waals surface area contributed by atoms with E-state index in [1.807, 2.05) is 0 Å². The first-order valence-corrected chi connectivity index (χ1v) is 4.42. The van der Waals surface area contributed by atoms with Gasteiger partial charge in [-0.2, -0.15) is 0 Å². The molecule has 0 spiro atoms. The van der Waals surface area contributed by atoms with Gasteiger partial charge in [-0.05, 0) is 12.8 Å². The summed E-state index contributed by atoms with van der Waals surface area (Å²) in [6, 6.07) is 0. The summed E-state index contributed by atoms with van der Waals surface area (Å²) >= 11 is 0. The van der Waals surface area contributed by atoms with Crippen molar-refractivity contribution in [1.29, 1.82) is 0 Å². The third kappa shape index (κ3) is 3.01. The average molecular weight is 183 g/mol. The predicted octanol–water partition coefficient (Wildman–Crippen LogP) is -0.784. The highest BCUT2D eigenvalue weighted by Crippen LogP contribution is 2.33. The second-order valence-electron chi connectivity index (χ2n) is 3.45. The van der Waals surface area contributed by atoms with Crippen LogP contribution in [0, 0.1) is 5.92 Å². The lowest BCUT2D eigenvalue weighted by atomic mass is 9.85. The fourth-order valence-electron chi connectivity index (χ4n) is 1.58. The smallest absolute Gasteiger partial charge is 0.319 e. The molecular weight excluding hydrogens is 169 g/mol. The largest absolute Gasteiger partial charge is 0.464 e. The van der Waals surface area contributed by atoms with Crippen LogP contribution in [-0.2, 0) is 9.53 Å². The van der Waals surface area contributed by atoms with Gasteiger partial charge in [-0.15, -0.1) is 0 Å². The number of aliphatic hydroxyl groups is 1. The molecule has 3 N–H and O–H groups in total. The first-order valence-electron chi connectivity index (χ1n) is 4.42. The Balaban J connectivity index is 2.25. The highest BCUT2D eigenvalue weighted by molar-refractivity contribution is 6.11. The summed E-state index contributed by atoms with van der Waals surface area (Å²) < 4.78 is 4.81. The summed E-state index contributed by atoms with van der Waals surface area (Å²) in [5.74, 6) is -0.435. The standard InChI is InChI=1S/C8H14BNO3/c9-6-1-5(7(11)2-6)4-13-8(12)3-10/h5-7,11H,1-4,10H2/t5-,6-,7?/m0/s1. The van der Waals surface area contributed by atoms with Crippen molar-refractivity contribution in [1.82, 2.24) is 0 Å². The van der Waals surface area contributed by atoms with Crippen LogP contribution in [0.5, 0.6) is 0 Å². The summed E-state index contributed by atoms with van der Waals surface area (Å²) in [5.41, 5.74) is 5.06. The van der Waals surface area contributed by atoms with Crippen LogP contribution >= 0.6 is 0 Å². The number of rotatable bonds is 3. The van der Waals surface area contributed by atoms with Crippen molar-refractivity contribution in [3.8, 4) is 0 Å². The van der Waals surface area contributed by atoms with Crippen molar-refractivity contribution >= 4 is 13.8 Å². The highest BCUT2D eigenvalue weighted by atomic mass is 16.5. The van der Waals surface area contributed by atoms with E-state index in [0.717, 1.165) is 0 Å². The number of aliphatic hydroxyl groups excluding tert-OH is 1. The van der Waals surface area contributed by atoms with Crippen molar-refractivity contribution in [2.75, 3.05) is 13.2 Å². The van der Waals surface area contributed by atoms with Gasteiger partial charge < -0.3 is 15.6 Å². The minimum Gasteiger partial charge on any atom is -0.464 e. The van der Waals surface area contributed by atoms with Crippen LogP contribution in [0.3, 0.4) is 0 Å². The van der Waals surface area contributed by atoms with Crippen LogP contribution in [0.25, 0.3) is 0 Å². The lowest BCUT2D eigenvalue weighted by Gasteiger charge is -2.13.